The number of hydrogen-bond donors (Lipinski definition) is 0. The van der Waals surface area contributed by atoms with Gasteiger partial charge in [-0.05, 0) is 26.0 Å². The van der Waals surface area contributed by atoms with E-state index in [0.717, 1.165) is 16.4 Å². The molecule has 106 valence electrons. The van der Waals surface area contributed by atoms with E-state index < -0.39 is 0 Å². The Balaban J connectivity index is 2.06. The minimum Gasteiger partial charge on any atom is -0.266 e. The number of aromatic nitrogens is 2. The van der Waals surface area contributed by atoms with E-state index in [-0.39, 0.29) is 5.91 Å². The molecule has 0 aliphatic carbocycles. The van der Waals surface area contributed by atoms with Crippen molar-refractivity contribution < 1.29 is 4.79 Å². The Bertz CT molecular complexity index is 764. The normalized spacial score (nSPS) is 10.6. The fourth-order valence-corrected chi connectivity index (χ4v) is 3.32. The number of benzene rings is 1. The zero-order valence-corrected chi connectivity index (χ0v) is 13.2. The first-order valence-corrected chi connectivity index (χ1v) is 8.15. The lowest BCUT2D eigenvalue weighted by molar-refractivity contribution is 0.0995. The molecular formula is C15H13N3OS2. The molecule has 0 atom stereocenters. The molecule has 1 amide bonds. The summed E-state index contributed by atoms with van der Waals surface area (Å²) in [4.78, 5) is 23.2. The van der Waals surface area contributed by atoms with Crippen LogP contribution in [0.1, 0.15) is 21.2 Å². The zero-order chi connectivity index (χ0) is 14.8. The fraction of sp³-hybridized carbons (Fsp3) is 0.133. The SMILES string of the molecule is Cc1csc(N(C(=O)c2csc(C)n2)c2ccccc2)n1. The van der Waals surface area contributed by atoms with Gasteiger partial charge < -0.3 is 0 Å². The van der Waals surface area contributed by atoms with Crippen molar-refractivity contribution >= 4 is 39.4 Å². The van der Waals surface area contributed by atoms with Crippen molar-refractivity contribution in [1.82, 2.24) is 9.97 Å². The highest BCUT2D eigenvalue weighted by Gasteiger charge is 2.24. The van der Waals surface area contributed by atoms with Gasteiger partial charge in [0.05, 0.1) is 16.4 Å². The Morgan fingerprint density at radius 1 is 1.05 bits per heavy atom. The van der Waals surface area contributed by atoms with Crippen LogP contribution in [-0.4, -0.2) is 15.9 Å². The van der Waals surface area contributed by atoms with Crippen LogP contribution in [0.2, 0.25) is 0 Å². The van der Waals surface area contributed by atoms with Crippen molar-refractivity contribution in [2.24, 2.45) is 0 Å². The van der Waals surface area contributed by atoms with E-state index in [4.69, 9.17) is 0 Å². The van der Waals surface area contributed by atoms with E-state index in [1.165, 1.54) is 22.7 Å². The van der Waals surface area contributed by atoms with Gasteiger partial charge in [0.15, 0.2) is 5.13 Å². The molecule has 0 saturated heterocycles. The maximum absolute atomic E-state index is 12.8. The smallest absolute Gasteiger partial charge is 0.266 e. The Kier molecular flexibility index (Phi) is 3.81. The van der Waals surface area contributed by atoms with Crippen molar-refractivity contribution in [2.45, 2.75) is 13.8 Å². The number of carbonyl (C=O) groups is 1. The predicted octanol–water partition coefficient (Wildman–Crippen LogP) is 4.19. The summed E-state index contributed by atoms with van der Waals surface area (Å²) in [7, 11) is 0. The molecule has 0 unspecified atom stereocenters. The summed E-state index contributed by atoms with van der Waals surface area (Å²) in [5.74, 6) is -0.153. The Morgan fingerprint density at radius 3 is 2.38 bits per heavy atom. The largest absolute Gasteiger partial charge is 0.284 e. The number of thiazole rings is 2. The third-order valence-electron chi connectivity index (χ3n) is 2.85. The predicted molar refractivity (Wildman–Crippen MR) is 86.6 cm³/mol. The molecule has 4 nitrogen and oxygen atoms in total. The minimum atomic E-state index is -0.153. The third kappa shape index (κ3) is 2.86. The maximum Gasteiger partial charge on any atom is 0.284 e. The van der Waals surface area contributed by atoms with Crippen LogP contribution in [0.3, 0.4) is 0 Å². The van der Waals surface area contributed by atoms with Crippen molar-refractivity contribution in [3.63, 3.8) is 0 Å². The van der Waals surface area contributed by atoms with Crippen LogP contribution in [0.5, 0.6) is 0 Å². The van der Waals surface area contributed by atoms with E-state index in [0.29, 0.717) is 10.8 Å². The van der Waals surface area contributed by atoms with E-state index in [2.05, 4.69) is 9.97 Å². The van der Waals surface area contributed by atoms with Gasteiger partial charge in [-0.15, -0.1) is 22.7 Å². The van der Waals surface area contributed by atoms with Crippen LogP contribution in [0.15, 0.2) is 41.1 Å². The monoisotopic (exact) mass is 315 g/mol. The lowest BCUT2D eigenvalue weighted by atomic mass is 10.3. The number of rotatable bonds is 3. The molecule has 6 heteroatoms. The Labute approximate surface area is 130 Å². The highest BCUT2D eigenvalue weighted by atomic mass is 32.1. The molecule has 2 heterocycles. The number of amides is 1. The molecule has 0 fully saturated rings. The van der Waals surface area contributed by atoms with Crippen molar-refractivity contribution in [1.29, 1.82) is 0 Å². The van der Waals surface area contributed by atoms with Gasteiger partial charge >= 0.3 is 0 Å². The number of aryl methyl sites for hydroxylation is 2. The molecule has 2 aromatic heterocycles. The summed E-state index contributed by atoms with van der Waals surface area (Å²) >= 11 is 2.92. The molecule has 21 heavy (non-hydrogen) atoms. The molecule has 0 saturated carbocycles. The zero-order valence-electron chi connectivity index (χ0n) is 11.6. The summed E-state index contributed by atoms with van der Waals surface area (Å²) in [5, 5.41) is 5.26. The van der Waals surface area contributed by atoms with Crippen LogP contribution < -0.4 is 4.90 Å². The van der Waals surface area contributed by atoms with Crippen molar-refractivity contribution in [2.75, 3.05) is 4.90 Å². The van der Waals surface area contributed by atoms with Gasteiger partial charge in [0.25, 0.3) is 5.91 Å². The lowest BCUT2D eigenvalue weighted by Gasteiger charge is -2.18. The standard InChI is InChI=1S/C15H13N3OS2/c1-10-8-21-15(16-10)18(12-6-4-3-5-7-12)14(19)13-9-20-11(2)17-13/h3-9H,1-2H3. The van der Waals surface area contributed by atoms with Crippen LogP contribution in [0, 0.1) is 13.8 Å². The first kappa shape index (κ1) is 13.9. The van der Waals surface area contributed by atoms with E-state index in [1.807, 2.05) is 49.6 Å². The second kappa shape index (κ2) is 5.75. The summed E-state index contributed by atoms with van der Waals surface area (Å²) in [6.45, 7) is 3.81. The molecule has 3 rings (SSSR count). The first-order chi connectivity index (χ1) is 10.1. The van der Waals surface area contributed by atoms with Crippen LogP contribution >= 0.6 is 22.7 Å². The number of hydrogen-bond acceptors (Lipinski definition) is 5. The fourth-order valence-electron chi connectivity index (χ4n) is 1.91. The van der Waals surface area contributed by atoms with Crippen LogP contribution in [-0.2, 0) is 0 Å². The molecule has 0 bridgehead atoms. The third-order valence-corrected chi connectivity index (χ3v) is 4.57. The van der Waals surface area contributed by atoms with Crippen molar-refractivity contribution in [3.8, 4) is 0 Å². The Morgan fingerprint density at radius 2 is 1.81 bits per heavy atom. The van der Waals surface area contributed by atoms with Gasteiger partial charge in [-0.25, -0.2) is 9.97 Å². The number of para-hydroxylation sites is 1. The van der Waals surface area contributed by atoms with Gasteiger partial charge in [0.2, 0.25) is 0 Å². The molecule has 0 aliphatic heterocycles. The van der Waals surface area contributed by atoms with Crippen molar-refractivity contribution in [3.05, 3.63) is 57.5 Å². The summed E-state index contributed by atoms with van der Waals surface area (Å²) in [5.41, 5.74) is 2.15. The second-order valence-corrected chi connectivity index (χ2v) is 6.40. The maximum atomic E-state index is 12.8. The quantitative estimate of drug-likeness (QED) is 0.728. The average Bonchev–Trinajstić information content (AvgIpc) is 3.09. The molecule has 0 spiro atoms. The van der Waals surface area contributed by atoms with Gasteiger partial charge in [0.1, 0.15) is 5.69 Å². The van der Waals surface area contributed by atoms with Crippen LogP contribution in [0.25, 0.3) is 0 Å². The van der Waals surface area contributed by atoms with Crippen LogP contribution in [0.4, 0.5) is 10.8 Å². The molecule has 0 aliphatic rings. The van der Waals surface area contributed by atoms with E-state index in [1.54, 1.807) is 10.3 Å². The van der Waals surface area contributed by atoms with E-state index in [9.17, 15) is 4.79 Å². The van der Waals surface area contributed by atoms with Gasteiger partial charge in [-0.2, -0.15) is 0 Å². The summed E-state index contributed by atoms with van der Waals surface area (Å²) in [6, 6.07) is 9.53. The average molecular weight is 315 g/mol. The minimum absolute atomic E-state index is 0.153. The van der Waals surface area contributed by atoms with Gasteiger partial charge in [-0.3, -0.25) is 9.69 Å². The van der Waals surface area contributed by atoms with Gasteiger partial charge in [0, 0.05) is 10.8 Å². The van der Waals surface area contributed by atoms with E-state index >= 15 is 0 Å². The topological polar surface area (TPSA) is 46.1 Å². The first-order valence-electron chi connectivity index (χ1n) is 6.39. The van der Waals surface area contributed by atoms with Gasteiger partial charge in [-0.1, -0.05) is 18.2 Å². The molecule has 0 N–H and O–H groups in total. The molecule has 3 aromatic rings. The lowest BCUT2D eigenvalue weighted by Crippen LogP contribution is -2.26. The molecule has 0 radical (unpaired) electrons. The summed E-state index contributed by atoms with van der Waals surface area (Å²) < 4.78 is 0. The Hall–Kier alpha value is -2.05. The highest BCUT2D eigenvalue weighted by molar-refractivity contribution is 7.14. The highest BCUT2D eigenvalue weighted by Crippen LogP contribution is 2.30. The number of carbonyl (C=O) groups excluding carboxylic acids is 1. The number of anilines is 2. The second-order valence-electron chi connectivity index (χ2n) is 4.50. The summed E-state index contributed by atoms with van der Waals surface area (Å²) in [6.07, 6.45) is 0. The molecule has 1 aromatic carbocycles. The molecular weight excluding hydrogens is 302 g/mol. The number of nitrogens with zero attached hydrogens (tertiary/aromatic N) is 3.